The number of rotatable bonds is 7. The summed E-state index contributed by atoms with van der Waals surface area (Å²) in [7, 11) is 1.48. The van der Waals surface area contributed by atoms with E-state index in [9.17, 15) is 4.79 Å². The number of aryl methyl sites for hydroxylation is 1. The third-order valence-electron chi connectivity index (χ3n) is 4.17. The molecule has 6 nitrogen and oxygen atoms in total. The van der Waals surface area contributed by atoms with E-state index in [0.717, 1.165) is 23.5 Å². The fourth-order valence-electron chi connectivity index (χ4n) is 2.84. The zero-order chi connectivity index (χ0) is 19.3. The van der Waals surface area contributed by atoms with E-state index in [1.165, 1.54) is 7.11 Å². The second kappa shape index (κ2) is 8.52. The van der Waals surface area contributed by atoms with Crippen molar-refractivity contribution in [3.05, 3.63) is 40.7 Å². The highest BCUT2D eigenvalue weighted by Gasteiger charge is 2.16. The molecule has 1 aromatic heterocycles. The van der Waals surface area contributed by atoms with Gasteiger partial charge in [-0.2, -0.15) is 10.4 Å². The van der Waals surface area contributed by atoms with Crippen LogP contribution in [0.1, 0.15) is 42.8 Å². The highest BCUT2D eigenvalue weighted by atomic mass is 16.6. The second-order valence-electron chi connectivity index (χ2n) is 6.68. The van der Waals surface area contributed by atoms with Gasteiger partial charge in [-0.1, -0.05) is 13.8 Å². The van der Waals surface area contributed by atoms with E-state index in [1.54, 1.807) is 18.2 Å². The molecule has 0 unspecified atom stereocenters. The van der Waals surface area contributed by atoms with Gasteiger partial charge in [0, 0.05) is 18.3 Å². The molecule has 0 saturated carbocycles. The van der Waals surface area contributed by atoms with Crippen molar-refractivity contribution in [2.45, 2.75) is 47.1 Å². The Morgan fingerprint density at radius 2 is 2.04 bits per heavy atom. The van der Waals surface area contributed by atoms with E-state index in [0.29, 0.717) is 29.4 Å². The van der Waals surface area contributed by atoms with Crippen LogP contribution >= 0.6 is 0 Å². The van der Waals surface area contributed by atoms with Gasteiger partial charge in [0.05, 0.1) is 30.9 Å². The molecular weight excluding hydrogens is 330 g/mol. The summed E-state index contributed by atoms with van der Waals surface area (Å²) in [5, 5.41) is 13.5. The lowest BCUT2D eigenvalue weighted by Gasteiger charge is -2.10. The van der Waals surface area contributed by atoms with Crippen LogP contribution in [0.3, 0.4) is 0 Å². The van der Waals surface area contributed by atoms with Crippen LogP contribution in [0.15, 0.2) is 18.2 Å². The summed E-state index contributed by atoms with van der Waals surface area (Å²) in [4.78, 5) is 12.2. The number of esters is 1. The van der Waals surface area contributed by atoms with Crippen molar-refractivity contribution in [1.82, 2.24) is 9.78 Å². The van der Waals surface area contributed by atoms with Gasteiger partial charge in [0.2, 0.25) is 0 Å². The fraction of sp³-hybridized carbons (Fsp3) is 0.450. The summed E-state index contributed by atoms with van der Waals surface area (Å²) in [6, 6.07) is 6.74. The molecule has 0 amide bonds. The van der Waals surface area contributed by atoms with E-state index in [2.05, 4.69) is 18.9 Å². The normalized spacial score (nSPS) is 10.7. The van der Waals surface area contributed by atoms with Crippen LogP contribution in [0.5, 0.6) is 11.5 Å². The quantitative estimate of drug-likeness (QED) is 0.560. The molecule has 2 rings (SSSR count). The molecule has 0 atom stereocenters. The predicted molar refractivity (Wildman–Crippen MR) is 98.2 cm³/mol. The van der Waals surface area contributed by atoms with Crippen molar-refractivity contribution in [1.29, 1.82) is 5.26 Å². The molecule has 1 heterocycles. The largest absolute Gasteiger partial charge is 0.493 e. The highest BCUT2D eigenvalue weighted by molar-refractivity contribution is 5.73. The van der Waals surface area contributed by atoms with Crippen molar-refractivity contribution in [3.8, 4) is 17.6 Å². The van der Waals surface area contributed by atoms with E-state index in [4.69, 9.17) is 14.7 Å². The van der Waals surface area contributed by atoms with Crippen LogP contribution in [-0.2, 0) is 17.8 Å². The molecule has 138 valence electrons. The van der Waals surface area contributed by atoms with Crippen molar-refractivity contribution in [3.63, 3.8) is 0 Å². The van der Waals surface area contributed by atoms with E-state index in [1.807, 2.05) is 24.6 Å². The minimum atomic E-state index is -0.344. The summed E-state index contributed by atoms with van der Waals surface area (Å²) >= 11 is 0. The molecule has 0 aliphatic heterocycles. The molecule has 1 aromatic carbocycles. The third-order valence-corrected chi connectivity index (χ3v) is 4.17. The summed E-state index contributed by atoms with van der Waals surface area (Å²) in [6.45, 7) is 9.16. The lowest BCUT2D eigenvalue weighted by Crippen LogP contribution is -2.11. The number of ether oxygens (including phenoxy) is 2. The standard InChI is InChI=1S/C20H25N3O3/c1-13(2)12-23-15(4)17(14(3)22-23)7-9-20(24)26-18-8-6-16(11-21)10-19(18)25-5/h6,8,10,13H,7,9,12H2,1-5H3. The molecule has 2 aromatic rings. The smallest absolute Gasteiger partial charge is 0.311 e. The molecule has 0 fully saturated rings. The highest BCUT2D eigenvalue weighted by Crippen LogP contribution is 2.28. The van der Waals surface area contributed by atoms with Crippen LogP contribution < -0.4 is 9.47 Å². The Hall–Kier alpha value is -2.81. The van der Waals surface area contributed by atoms with Crippen molar-refractivity contribution in [2.75, 3.05) is 7.11 Å². The minimum absolute atomic E-state index is 0.248. The van der Waals surface area contributed by atoms with E-state index in [-0.39, 0.29) is 12.4 Å². The van der Waals surface area contributed by atoms with Gasteiger partial charge in [-0.05, 0) is 43.9 Å². The molecule has 0 aliphatic carbocycles. The van der Waals surface area contributed by atoms with Gasteiger partial charge >= 0.3 is 5.97 Å². The number of hydrogen-bond donors (Lipinski definition) is 0. The minimum Gasteiger partial charge on any atom is -0.493 e. The monoisotopic (exact) mass is 355 g/mol. The molecule has 0 saturated heterocycles. The third kappa shape index (κ3) is 4.63. The lowest BCUT2D eigenvalue weighted by molar-refractivity contribution is -0.134. The number of benzene rings is 1. The van der Waals surface area contributed by atoms with Crippen LogP contribution in [0, 0.1) is 31.1 Å². The first-order chi connectivity index (χ1) is 12.3. The van der Waals surface area contributed by atoms with E-state index < -0.39 is 0 Å². The number of nitrogens with zero attached hydrogens (tertiary/aromatic N) is 3. The number of hydrogen-bond acceptors (Lipinski definition) is 5. The Morgan fingerprint density at radius 3 is 2.65 bits per heavy atom. The van der Waals surface area contributed by atoms with Crippen molar-refractivity contribution < 1.29 is 14.3 Å². The van der Waals surface area contributed by atoms with Crippen LogP contribution in [0.4, 0.5) is 0 Å². The van der Waals surface area contributed by atoms with Crippen LogP contribution in [-0.4, -0.2) is 22.9 Å². The molecule has 26 heavy (non-hydrogen) atoms. The van der Waals surface area contributed by atoms with Gasteiger partial charge in [-0.15, -0.1) is 0 Å². The number of aromatic nitrogens is 2. The number of carbonyl (C=O) groups is 1. The maximum Gasteiger partial charge on any atom is 0.311 e. The molecular formula is C20H25N3O3. The van der Waals surface area contributed by atoms with E-state index >= 15 is 0 Å². The fourth-order valence-corrected chi connectivity index (χ4v) is 2.84. The zero-order valence-corrected chi connectivity index (χ0v) is 16.0. The SMILES string of the molecule is COc1cc(C#N)ccc1OC(=O)CCc1c(C)nn(CC(C)C)c1C. The Morgan fingerprint density at radius 1 is 1.31 bits per heavy atom. The number of nitriles is 1. The average Bonchev–Trinajstić information content (AvgIpc) is 2.86. The summed E-state index contributed by atoms with van der Waals surface area (Å²) in [5.74, 6) is 0.855. The predicted octanol–water partition coefficient (Wildman–Crippen LogP) is 3.57. The number of methoxy groups -OCH3 is 1. The Labute approximate surface area is 154 Å². The first kappa shape index (κ1) is 19.5. The van der Waals surface area contributed by atoms with Crippen molar-refractivity contribution in [2.24, 2.45) is 5.92 Å². The first-order valence-corrected chi connectivity index (χ1v) is 8.67. The van der Waals surface area contributed by atoms with Gasteiger partial charge in [0.25, 0.3) is 0 Å². The lowest BCUT2D eigenvalue weighted by atomic mass is 10.1. The van der Waals surface area contributed by atoms with Crippen LogP contribution in [0.25, 0.3) is 0 Å². The molecule has 0 aliphatic rings. The molecule has 6 heteroatoms. The summed E-state index contributed by atoms with van der Waals surface area (Å²) in [6.07, 6.45) is 0.825. The second-order valence-corrected chi connectivity index (χ2v) is 6.68. The Bertz CT molecular complexity index is 832. The molecule has 0 radical (unpaired) electrons. The summed E-state index contributed by atoms with van der Waals surface area (Å²) in [5.41, 5.74) is 3.59. The van der Waals surface area contributed by atoms with Gasteiger partial charge in [0.1, 0.15) is 0 Å². The molecule has 0 N–H and O–H groups in total. The Balaban J connectivity index is 2.04. The van der Waals surface area contributed by atoms with Gasteiger partial charge in [-0.3, -0.25) is 9.48 Å². The molecule has 0 bridgehead atoms. The maximum atomic E-state index is 12.2. The van der Waals surface area contributed by atoms with Gasteiger partial charge < -0.3 is 9.47 Å². The topological polar surface area (TPSA) is 77.1 Å². The van der Waals surface area contributed by atoms with Crippen molar-refractivity contribution >= 4 is 5.97 Å². The summed E-state index contributed by atoms with van der Waals surface area (Å²) < 4.78 is 12.6. The van der Waals surface area contributed by atoms with Gasteiger partial charge in [-0.25, -0.2) is 0 Å². The average molecular weight is 355 g/mol. The maximum absolute atomic E-state index is 12.2. The number of carbonyl (C=O) groups excluding carboxylic acids is 1. The van der Waals surface area contributed by atoms with Gasteiger partial charge in [0.15, 0.2) is 11.5 Å². The molecule has 0 spiro atoms. The first-order valence-electron chi connectivity index (χ1n) is 8.67. The van der Waals surface area contributed by atoms with Crippen LogP contribution in [0.2, 0.25) is 0 Å². The zero-order valence-electron chi connectivity index (χ0n) is 16.0. The Kier molecular flexibility index (Phi) is 6.40.